The summed E-state index contributed by atoms with van der Waals surface area (Å²) < 4.78 is 0.890. The van der Waals surface area contributed by atoms with Crippen LogP contribution >= 0.6 is 15.9 Å². The molecule has 0 saturated heterocycles. The first kappa shape index (κ1) is 17.5. The number of guanidine groups is 1. The number of hydrogen-bond donors (Lipinski definition) is 3. The maximum Gasteiger partial charge on any atom is 0.251 e. The minimum absolute atomic E-state index is 0.0823. The van der Waals surface area contributed by atoms with Crippen molar-refractivity contribution in [2.45, 2.75) is 32.7 Å². The van der Waals surface area contributed by atoms with E-state index in [0.29, 0.717) is 24.6 Å². The number of hydrogen-bond acceptors (Lipinski definition) is 2. The van der Waals surface area contributed by atoms with Crippen LogP contribution in [0, 0.1) is 0 Å². The van der Waals surface area contributed by atoms with Gasteiger partial charge in [-0.15, -0.1) is 0 Å². The topological polar surface area (TPSA) is 79.5 Å². The normalized spacial score (nSPS) is 12.1. The molecule has 0 aromatic heterocycles. The molecule has 0 atom stereocenters. The van der Waals surface area contributed by atoms with Crippen molar-refractivity contribution in [2.75, 3.05) is 13.1 Å². The van der Waals surface area contributed by atoms with Gasteiger partial charge in [0.15, 0.2) is 5.96 Å². The van der Waals surface area contributed by atoms with Crippen LogP contribution in [0.3, 0.4) is 0 Å². The first-order chi connectivity index (χ1) is 9.78. The highest BCUT2D eigenvalue weighted by molar-refractivity contribution is 9.10. The maximum absolute atomic E-state index is 11.9. The number of amides is 1. The van der Waals surface area contributed by atoms with E-state index in [9.17, 15) is 4.79 Å². The second-order valence-corrected chi connectivity index (χ2v) is 6.68. The van der Waals surface area contributed by atoms with Crippen LogP contribution in [0.15, 0.2) is 33.7 Å². The van der Waals surface area contributed by atoms with E-state index in [1.807, 2.05) is 32.9 Å². The predicted molar refractivity (Wildman–Crippen MR) is 90.5 cm³/mol. The molecule has 0 unspecified atom stereocenters. The Bertz CT molecular complexity index is 509. The Kier molecular flexibility index (Phi) is 6.68. The molecule has 0 saturated carbocycles. The van der Waals surface area contributed by atoms with E-state index in [2.05, 4.69) is 31.6 Å². The Morgan fingerprint density at radius 1 is 1.38 bits per heavy atom. The summed E-state index contributed by atoms with van der Waals surface area (Å²) >= 11 is 3.34. The molecule has 1 aromatic rings. The van der Waals surface area contributed by atoms with E-state index < -0.39 is 0 Å². The van der Waals surface area contributed by atoms with Crippen molar-refractivity contribution in [3.8, 4) is 0 Å². The van der Waals surface area contributed by atoms with E-state index in [-0.39, 0.29) is 11.4 Å². The van der Waals surface area contributed by atoms with Crippen molar-refractivity contribution in [1.82, 2.24) is 10.6 Å². The van der Waals surface area contributed by atoms with Gasteiger partial charge in [-0.3, -0.25) is 9.79 Å². The smallest absolute Gasteiger partial charge is 0.251 e. The lowest BCUT2D eigenvalue weighted by Gasteiger charge is -2.20. The van der Waals surface area contributed by atoms with Crippen LogP contribution in [0.1, 0.15) is 37.6 Å². The molecule has 1 amide bonds. The van der Waals surface area contributed by atoms with E-state index >= 15 is 0 Å². The van der Waals surface area contributed by atoms with Gasteiger partial charge in [-0.25, -0.2) is 0 Å². The predicted octanol–water partition coefficient (Wildman–Crippen LogP) is 2.27. The lowest BCUT2D eigenvalue weighted by atomic mass is 10.1. The Morgan fingerprint density at radius 3 is 2.71 bits per heavy atom. The maximum atomic E-state index is 11.9. The second-order valence-electron chi connectivity index (χ2n) is 5.76. The zero-order valence-corrected chi connectivity index (χ0v) is 14.3. The van der Waals surface area contributed by atoms with Crippen molar-refractivity contribution >= 4 is 27.8 Å². The molecule has 0 heterocycles. The number of benzene rings is 1. The highest BCUT2D eigenvalue weighted by Crippen LogP contribution is 2.11. The fourth-order valence-electron chi connectivity index (χ4n) is 1.64. The molecule has 0 fully saturated rings. The van der Waals surface area contributed by atoms with Crippen molar-refractivity contribution < 1.29 is 4.79 Å². The summed E-state index contributed by atoms with van der Waals surface area (Å²) in [5.74, 6) is 0.349. The molecule has 0 aliphatic carbocycles. The first-order valence-electron chi connectivity index (χ1n) is 6.90. The molecule has 0 aliphatic rings. The summed E-state index contributed by atoms with van der Waals surface area (Å²) in [5.41, 5.74) is 6.30. The number of rotatable bonds is 5. The van der Waals surface area contributed by atoms with Gasteiger partial charge >= 0.3 is 0 Å². The molecule has 1 aromatic carbocycles. The van der Waals surface area contributed by atoms with Gasteiger partial charge in [-0.2, -0.15) is 0 Å². The number of halogens is 1. The van der Waals surface area contributed by atoms with E-state index in [0.717, 1.165) is 10.9 Å². The van der Waals surface area contributed by atoms with Gasteiger partial charge in [0, 0.05) is 28.7 Å². The third-order valence-electron chi connectivity index (χ3n) is 2.49. The number of nitrogens with one attached hydrogen (secondary N) is 2. The highest BCUT2D eigenvalue weighted by atomic mass is 79.9. The largest absolute Gasteiger partial charge is 0.370 e. The van der Waals surface area contributed by atoms with Crippen molar-refractivity contribution in [3.05, 3.63) is 34.3 Å². The van der Waals surface area contributed by atoms with Crippen LogP contribution < -0.4 is 16.4 Å². The van der Waals surface area contributed by atoms with Crippen LogP contribution in [-0.2, 0) is 0 Å². The third kappa shape index (κ3) is 7.70. The molecule has 21 heavy (non-hydrogen) atoms. The molecule has 0 bridgehead atoms. The number of nitrogens with two attached hydrogens (primary N) is 1. The zero-order valence-electron chi connectivity index (χ0n) is 12.7. The van der Waals surface area contributed by atoms with Crippen LogP contribution in [0.4, 0.5) is 0 Å². The van der Waals surface area contributed by atoms with Gasteiger partial charge in [0.25, 0.3) is 5.91 Å². The summed E-state index contributed by atoms with van der Waals surface area (Å²) in [7, 11) is 0. The molecule has 0 radical (unpaired) electrons. The fourth-order valence-corrected chi connectivity index (χ4v) is 2.04. The number of aliphatic imine (C=N–C) groups is 1. The molecule has 6 heteroatoms. The number of nitrogens with zero attached hydrogens (tertiary/aromatic N) is 1. The molecule has 5 nitrogen and oxygen atoms in total. The van der Waals surface area contributed by atoms with Crippen molar-refractivity contribution in [3.63, 3.8) is 0 Å². The van der Waals surface area contributed by atoms with Crippen LogP contribution in [0.2, 0.25) is 0 Å². The van der Waals surface area contributed by atoms with Gasteiger partial charge in [0.1, 0.15) is 0 Å². The zero-order chi connectivity index (χ0) is 15.9. The first-order valence-corrected chi connectivity index (χ1v) is 7.69. The lowest BCUT2D eigenvalue weighted by Crippen LogP contribution is -2.45. The minimum Gasteiger partial charge on any atom is -0.370 e. The molecule has 4 N–H and O–H groups in total. The number of carbonyl (C=O) groups is 1. The van der Waals surface area contributed by atoms with Gasteiger partial charge < -0.3 is 16.4 Å². The number of carbonyl (C=O) groups excluding carboxylic acids is 1. The Balaban J connectivity index is 2.28. The third-order valence-corrected chi connectivity index (χ3v) is 2.99. The lowest BCUT2D eigenvalue weighted by molar-refractivity contribution is 0.0953. The Labute approximate surface area is 134 Å². The highest BCUT2D eigenvalue weighted by Gasteiger charge is 2.09. The molecule has 1 rings (SSSR count). The van der Waals surface area contributed by atoms with E-state index in [1.165, 1.54) is 0 Å². The summed E-state index contributed by atoms with van der Waals surface area (Å²) in [4.78, 5) is 16.1. The van der Waals surface area contributed by atoms with Crippen LogP contribution in [0.5, 0.6) is 0 Å². The van der Waals surface area contributed by atoms with Crippen LogP contribution in [0.25, 0.3) is 0 Å². The Hall–Kier alpha value is -1.56. The summed E-state index contributed by atoms with van der Waals surface area (Å²) in [6.07, 6.45) is 0.742. The van der Waals surface area contributed by atoms with Gasteiger partial charge in [0.05, 0.1) is 0 Å². The van der Waals surface area contributed by atoms with Gasteiger partial charge in [0.2, 0.25) is 0 Å². The fraction of sp³-hybridized carbons (Fsp3) is 0.467. The minimum atomic E-state index is -0.0947. The average Bonchev–Trinajstić information content (AvgIpc) is 2.36. The average molecular weight is 355 g/mol. The molecular weight excluding hydrogens is 332 g/mol. The standard InChI is InChI=1S/C15H23BrN4O/c1-15(2,3)20-14(17)19-9-5-8-18-13(21)11-6-4-7-12(16)10-11/h4,6-7,10H,5,8-9H2,1-3H3,(H,18,21)(H3,17,19,20). The van der Waals surface area contributed by atoms with E-state index in [1.54, 1.807) is 12.1 Å². The summed E-state index contributed by atoms with van der Waals surface area (Å²) in [6, 6.07) is 7.29. The van der Waals surface area contributed by atoms with Crippen LogP contribution in [-0.4, -0.2) is 30.5 Å². The summed E-state index contributed by atoms with van der Waals surface area (Å²) in [5, 5.41) is 5.94. The molecule has 116 valence electrons. The molecule has 0 spiro atoms. The SMILES string of the molecule is CC(C)(C)NC(N)=NCCCNC(=O)c1cccc(Br)c1. The monoisotopic (exact) mass is 354 g/mol. The van der Waals surface area contributed by atoms with Crippen molar-refractivity contribution in [2.24, 2.45) is 10.7 Å². The molecule has 0 aliphatic heterocycles. The Morgan fingerprint density at radius 2 is 2.10 bits per heavy atom. The molecular formula is C15H23BrN4O. The quantitative estimate of drug-likeness (QED) is 0.431. The summed E-state index contributed by atoms with van der Waals surface area (Å²) in [6.45, 7) is 7.21. The van der Waals surface area contributed by atoms with Gasteiger partial charge in [-0.05, 0) is 45.4 Å². The van der Waals surface area contributed by atoms with E-state index in [4.69, 9.17) is 5.73 Å². The van der Waals surface area contributed by atoms with Crippen molar-refractivity contribution in [1.29, 1.82) is 0 Å². The second kappa shape index (κ2) is 8.02. The van der Waals surface area contributed by atoms with Gasteiger partial charge in [-0.1, -0.05) is 22.0 Å².